The van der Waals surface area contributed by atoms with Crippen LogP contribution in [0.3, 0.4) is 0 Å². The number of allylic oxidation sites excluding steroid dienone is 1. The molecule has 0 spiro atoms. The molecular weight excluding hydrogens is 238 g/mol. The van der Waals surface area contributed by atoms with Crippen molar-refractivity contribution in [2.24, 2.45) is 0 Å². The van der Waals surface area contributed by atoms with Crippen LogP contribution in [0.1, 0.15) is 37.1 Å². The van der Waals surface area contributed by atoms with E-state index in [1.807, 2.05) is 17.4 Å². The van der Waals surface area contributed by atoms with Crippen molar-refractivity contribution in [3.63, 3.8) is 0 Å². The average molecular weight is 259 g/mol. The molecule has 1 aromatic carbocycles. The van der Waals surface area contributed by atoms with Gasteiger partial charge in [-0.1, -0.05) is 31.2 Å². The lowest BCUT2D eigenvalue weighted by molar-refractivity contribution is 0.510. The van der Waals surface area contributed by atoms with E-state index >= 15 is 0 Å². The standard InChI is InChI=1S/C16H21NS/c1-3-5-9-14(17-11-4-2)16-12-13-8-6-7-10-15(13)18-16/h3,6-8,10,12,14,17H,1,4-5,9,11H2,2H3. The Morgan fingerprint density at radius 3 is 2.94 bits per heavy atom. The first-order valence-corrected chi connectivity index (χ1v) is 7.49. The summed E-state index contributed by atoms with van der Waals surface area (Å²) < 4.78 is 1.38. The first-order valence-electron chi connectivity index (χ1n) is 6.68. The Kier molecular flexibility index (Phi) is 4.97. The van der Waals surface area contributed by atoms with Crippen molar-refractivity contribution in [2.45, 2.75) is 32.2 Å². The highest BCUT2D eigenvalue weighted by Crippen LogP contribution is 2.31. The Labute approximate surface area is 114 Å². The van der Waals surface area contributed by atoms with E-state index in [0.29, 0.717) is 6.04 Å². The topological polar surface area (TPSA) is 12.0 Å². The molecule has 0 amide bonds. The summed E-state index contributed by atoms with van der Waals surface area (Å²) in [6.45, 7) is 7.12. The van der Waals surface area contributed by atoms with Crippen molar-refractivity contribution in [3.05, 3.63) is 47.9 Å². The van der Waals surface area contributed by atoms with Crippen molar-refractivity contribution in [1.29, 1.82) is 0 Å². The van der Waals surface area contributed by atoms with Gasteiger partial charge >= 0.3 is 0 Å². The van der Waals surface area contributed by atoms with Crippen molar-refractivity contribution in [2.75, 3.05) is 6.54 Å². The molecule has 1 N–H and O–H groups in total. The fraction of sp³-hybridized carbons (Fsp3) is 0.375. The molecule has 0 aliphatic rings. The molecule has 0 aliphatic heterocycles. The van der Waals surface area contributed by atoms with E-state index in [4.69, 9.17) is 0 Å². The quantitative estimate of drug-likeness (QED) is 0.697. The van der Waals surface area contributed by atoms with Gasteiger partial charge in [-0.3, -0.25) is 0 Å². The predicted molar refractivity (Wildman–Crippen MR) is 82.3 cm³/mol. The van der Waals surface area contributed by atoms with E-state index in [0.717, 1.165) is 19.4 Å². The lowest BCUT2D eigenvalue weighted by Crippen LogP contribution is -2.21. The smallest absolute Gasteiger partial charge is 0.0418 e. The molecule has 2 heteroatoms. The molecule has 0 fully saturated rings. The molecule has 1 aromatic heterocycles. The van der Waals surface area contributed by atoms with Crippen LogP contribution < -0.4 is 5.32 Å². The highest BCUT2D eigenvalue weighted by molar-refractivity contribution is 7.19. The molecule has 2 rings (SSSR count). The fourth-order valence-electron chi connectivity index (χ4n) is 2.12. The van der Waals surface area contributed by atoms with E-state index in [2.05, 4.69) is 49.2 Å². The van der Waals surface area contributed by atoms with E-state index in [1.165, 1.54) is 21.4 Å². The van der Waals surface area contributed by atoms with Gasteiger partial charge in [-0.25, -0.2) is 0 Å². The van der Waals surface area contributed by atoms with Gasteiger partial charge in [0.05, 0.1) is 0 Å². The van der Waals surface area contributed by atoms with Crippen molar-refractivity contribution in [3.8, 4) is 0 Å². The van der Waals surface area contributed by atoms with E-state index in [9.17, 15) is 0 Å². The summed E-state index contributed by atoms with van der Waals surface area (Å²) in [5.74, 6) is 0. The van der Waals surface area contributed by atoms with Crippen molar-refractivity contribution >= 4 is 21.4 Å². The van der Waals surface area contributed by atoms with Gasteiger partial charge in [0, 0.05) is 15.6 Å². The molecule has 1 atom stereocenters. The summed E-state index contributed by atoms with van der Waals surface area (Å²) in [6.07, 6.45) is 5.38. The monoisotopic (exact) mass is 259 g/mol. The van der Waals surface area contributed by atoms with Crippen LogP contribution in [0.2, 0.25) is 0 Å². The van der Waals surface area contributed by atoms with Gasteiger partial charge in [0.2, 0.25) is 0 Å². The molecule has 18 heavy (non-hydrogen) atoms. The molecule has 0 aliphatic carbocycles. The van der Waals surface area contributed by atoms with Gasteiger partial charge in [-0.2, -0.15) is 0 Å². The first-order chi connectivity index (χ1) is 8.85. The highest BCUT2D eigenvalue weighted by atomic mass is 32.1. The summed E-state index contributed by atoms with van der Waals surface area (Å²) in [4.78, 5) is 1.45. The van der Waals surface area contributed by atoms with Crippen LogP contribution in [0.5, 0.6) is 0 Å². The lowest BCUT2D eigenvalue weighted by Gasteiger charge is -2.16. The molecule has 96 valence electrons. The summed E-state index contributed by atoms with van der Waals surface area (Å²) in [5.41, 5.74) is 0. The number of benzene rings is 1. The molecule has 1 unspecified atom stereocenters. The number of hydrogen-bond donors (Lipinski definition) is 1. The normalized spacial score (nSPS) is 12.7. The van der Waals surface area contributed by atoms with Gasteiger partial charge in [-0.15, -0.1) is 17.9 Å². The van der Waals surface area contributed by atoms with E-state index < -0.39 is 0 Å². The van der Waals surface area contributed by atoms with Gasteiger partial charge in [0.25, 0.3) is 0 Å². The third-order valence-corrected chi connectivity index (χ3v) is 4.32. The van der Waals surface area contributed by atoms with E-state index in [-0.39, 0.29) is 0 Å². The van der Waals surface area contributed by atoms with Crippen LogP contribution in [0.4, 0.5) is 0 Å². The first kappa shape index (κ1) is 13.3. The van der Waals surface area contributed by atoms with Crippen LogP contribution in [-0.2, 0) is 0 Å². The summed E-state index contributed by atoms with van der Waals surface area (Å²) in [6, 6.07) is 11.4. The van der Waals surface area contributed by atoms with Crippen LogP contribution >= 0.6 is 11.3 Å². The lowest BCUT2D eigenvalue weighted by atomic mass is 10.1. The molecular formula is C16H21NS. The summed E-state index contributed by atoms with van der Waals surface area (Å²) in [7, 11) is 0. The minimum Gasteiger partial charge on any atom is -0.309 e. The van der Waals surface area contributed by atoms with E-state index in [1.54, 1.807) is 0 Å². The molecule has 1 heterocycles. The molecule has 0 radical (unpaired) electrons. The second-order valence-electron chi connectivity index (χ2n) is 4.56. The molecule has 0 bridgehead atoms. The van der Waals surface area contributed by atoms with Gasteiger partial charge < -0.3 is 5.32 Å². The SMILES string of the molecule is C=CCCC(NCCC)c1cc2ccccc2s1. The Morgan fingerprint density at radius 1 is 1.39 bits per heavy atom. The maximum Gasteiger partial charge on any atom is 0.0418 e. The second-order valence-corrected chi connectivity index (χ2v) is 5.67. The van der Waals surface area contributed by atoms with Crippen LogP contribution in [-0.4, -0.2) is 6.54 Å². The third-order valence-electron chi connectivity index (χ3n) is 3.09. The van der Waals surface area contributed by atoms with Gasteiger partial charge in [0.1, 0.15) is 0 Å². The number of fused-ring (bicyclic) bond motifs is 1. The van der Waals surface area contributed by atoms with Crippen molar-refractivity contribution in [1.82, 2.24) is 5.32 Å². The zero-order valence-electron chi connectivity index (χ0n) is 11.0. The molecule has 1 nitrogen and oxygen atoms in total. The second kappa shape index (κ2) is 6.72. The Balaban J connectivity index is 2.19. The minimum absolute atomic E-state index is 0.473. The summed E-state index contributed by atoms with van der Waals surface area (Å²) in [5, 5.41) is 5.00. The van der Waals surface area contributed by atoms with Crippen LogP contribution in [0.25, 0.3) is 10.1 Å². The highest BCUT2D eigenvalue weighted by Gasteiger charge is 2.12. The number of nitrogens with one attached hydrogen (secondary N) is 1. The molecule has 0 saturated carbocycles. The van der Waals surface area contributed by atoms with Crippen molar-refractivity contribution < 1.29 is 0 Å². The minimum atomic E-state index is 0.473. The van der Waals surface area contributed by atoms with Gasteiger partial charge in [-0.05, 0) is 43.3 Å². The van der Waals surface area contributed by atoms with Crippen LogP contribution in [0.15, 0.2) is 43.0 Å². The zero-order chi connectivity index (χ0) is 12.8. The number of hydrogen-bond acceptors (Lipinski definition) is 2. The molecule has 2 aromatic rings. The van der Waals surface area contributed by atoms with Crippen LogP contribution in [0, 0.1) is 0 Å². The Hall–Kier alpha value is -1.12. The molecule has 0 saturated heterocycles. The Bertz CT molecular complexity index is 468. The zero-order valence-corrected chi connectivity index (χ0v) is 11.8. The maximum absolute atomic E-state index is 3.82. The number of thiophene rings is 1. The Morgan fingerprint density at radius 2 is 2.22 bits per heavy atom. The van der Waals surface area contributed by atoms with Gasteiger partial charge in [0.15, 0.2) is 0 Å². The maximum atomic E-state index is 3.82. The largest absolute Gasteiger partial charge is 0.309 e. The third kappa shape index (κ3) is 3.21. The summed E-state index contributed by atoms with van der Waals surface area (Å²) >= 11 is 1.91. The average Bonchev–Trinajstić information content (AvgIpc) is 2.82. The fourth-order valence-corrected chi connectivity index (χ4v) is 3.30. The number of rotatable bonds is 7. The predicted octanol–water partition coefficient (Wildman–Crippen LogP) is 4.91.